The normalized spacial score (nSPS) is 20.3. The number of fused-ring (bicyclic) bond motifs is 1. The van der Waals surface area contributed by atoms with E-state index in [-0.39, 0.29) is 6.10 Å². The maximum atomic E-state index is 5.64. The molecule has 18 heavy (non-hydrogen) atoms. The van der Waals surface area contributed by atoms with Crippen molar-refractivity contribution in [2.45, 2.75) is 12.6 Å². The number of para-hydroxylation sites is 1. The van der Waals surface area contributed by atoms with Crippen LogP contribution in [0.15, 0.2) is 34.9 Å². The number of furan rings is 1. The highest BCUT2D eigenvalue weighted by atomic mass is 16.5. The number of hydrogen-bond acceptors (Lipinski definition) is 4. The van der Waals surface area contributed by atoms with Crippen molar-refractivity contribution in [3.63, 3.8) is 0 Å². The zero-order valence-electron chi connectivity index (χ0n) is 10.3. The van der Waals surface area contributed by atoms with Gasteiger partial charge in [-0.3, -0.25) is 0 Å². The average Bonchev–Trinajstić information content (AvgIpc) is 2.84. The predicted molar refractivity (Wildman–Crippen MR) is 70.5 cm³/mol. The van der Waals surface area contributed by atoms with Crippen molar-refractivity contribution < 1.29 is 9.15 Å². The number of hydrogen-bond donors (Lipinski definition) is 2. The van der Waals surface area contributed by atoms with Gasteiger partial charge in [-0.05, 0) is 6.07 Å². The van der Waals surface area contributed by atoms with Crippen molar-refractivity contribution in [2.75, 3.05) is 26.2 Å². The summed E-state index contributed by atoms with van der Waals surface area (Å²) in [5.41, 5.74) is 2.15. The van der Waals surface area contributed by atoms with E-state index in [0.29, 0.717) is 0 Å². The van der Waals surface area contributed by atoms with Gasteiger partial charge in [0.2, 0.25) is 0 Å². The lowest BCUT2D eigenvalue weighted by atomic mass is 10.2. The van der Waals surface area contributed by atoms with E-state index in [9.17, 15) is 0 Å². The Labute approximate surface area is 106 Å². The zero-order chi connectivity index (χ0) is 12.2. The van der Waals surface area contributed by atoms with Gasteiger partial charge in [0.25, 0.3) is 0 Å². The SMILES string of the molecule is c1ccc2c(CNCC3CNCCO3)coc2c1. The molecule has 3 rings (SSSR count). The van der Waals surface area contributed by atoms with Crippen LogP contribution in [0.3, 0.4) is 0 Å². The minimum atomic E-state index is 0.275. The third kappa shape index (κ3) is 2.56. The molecule has 0 bridgehead atoms. The molecule has 0 amide bonds. The fourth-order valence-corrected chi connectivity index (χ4v) is 2.29. The summed E-state index contributed by atoms with van der Waals surface area (Å²) in [7, 11) is 0. The minimum absolute atomic E-state index is 0.275. The molecule has 0 saturated carbocycles. The summed E-state index contributed by atoms with van der Waals surface area (Å²) in [6.07, 6.45) is 2.11. The Morgan fingerprint density at radius 2 is 2.28 bits per heavy atom. The predicted octanol–water partition coefficient (Wildman–Crippen LogP) is 1.51. The first-order valence-electron chi connectivity index (χ1n) is 6.41. The molecule has 1 fully saturated rings. The molecule has 4 nitrogen and oxygen atoms in total. The van der Waals surface area contributed by atoms with E-state index in [1.165, 1.54) is 10.9 Å². The molecule has 1 aromatic carbocycles. The first-order chi connectivity index (χ1) is 8.93. The zero-order valence-corrected chi connectivity index (χ0v) is 10.3. The molecule has 0 radical (unpaired) electrons. The second-order valence-corrected chi connectivity index (χ2v) is 4.58. The van der Waals surface area contributed by atoms with Gasteiger partial charge in [-0.1, -0.05) is 18.2 Å². The first kappa shape index (κ1) is 11.7. The summed E-state index contributed by atoms with van der Waals surface area (Å²) in [4.78, 5) is 0. The quantitative estimate of drug-likeness (QED) is 0.858. The van der Waals surface area contributed by atoms with E-state index >= 15 is 0 Å². The number of ether oxygens (including phenoxy) is 1. The molecular formula is C14H18N2O2. The van der Waals surface area contributed by atoms with Gasteiger partial charge in [-0.15, -0.1) is 0 Å². The lowest BCUT2D eigenvalue weighted by Gasteiger charge is -2.23. The fourth-order valence-electron chi connectivity index (χ4n) is 2.29. The van der Waals surface area contributed by atoms with Gasteiger partial charge in [-0.25, -0.2) is 0 Å². The van der Waals surface area contributed by atoms with Crippen LogP contribution in [0.25, 0.3) is 11.0 Å². The Kier molecular flexibility index (Phi) is 3.59. The number of morpholine rings is 1. The van der Waals surface area contributed by atoms with Gasteiger partial charge in [-0.2, -0.15) is 0 Å². The Morgan fingerprint density at radius 1 is 1.33 bits per heavy atom. The summed E-state index contributed by atoms with van der Waals surface area (Å²) in [5.74, 6) is 0. The second-order valence-electron chi connectivity index (χ2n) is 4.58. The van der Waals surface area contributed by atoms with Gasteiger partial charge in [0.05, 0.1) is 19.0 Å². The monoisotopic (exact) mass is 246 g/mol. The molecule has 1 aliphatic rings. The van der Waals surface area contributed by atoms with Crippen LogP contribution < -0.4 is 10.6 Å². The lowest BCUT2D eigenvalue weighted by molar-refractivity contribution is 0.0291. The van der Waals surface area contributed by atoms with Crippen molar-refractivity contribution in [3.8, 4) is 0 Å². The van der Waals surface area contributed by atoms with Crippen LogP contribution in [0.4, 0.5) is 0 Å². The second kappa shape index (κ2) is 5.52. The molecule has 4 heteroatoms. The van der Waals surface area contributed by atoms with Gasteiger partial charge in [0, 0.05) is 37.1 Å². The third-order valence-corrected chi connectivity index (χ3v) is 3.25. The minimum Gasteiger partial charge on any atom is -0.464 e. The fraction of sp³-hybridized carbons (Fsp3) is 0.429. The highest BCUT2D eigenvalue weighted by molar-refractivity contribution is 5.80. The third-order valence-electron chi connectivity index (χ3n) is 3.25. The van der Waals surface area contributed by atoms with Crippen LogP contribution in [0.2, 0.25) is 0 Å². The van der Waals surface area contributed by atoms with Crippen LogP contribution in [-0.4, -0.2) is 32.3 Å². The standard InChI is InChI=1S/C14H18N2O2/c1-2-4-14-13(3-1)11(10-18-14)7-16-9-12-8-15-5-6-17-12/h1-4,10,12,15-16H,5-9H2. The van der Waals surface area contributed by atoms with Gasteiger partial charge < -0.3 is 19.8 Å². The Balaban J connectivity index is 1.56. The van der Waals surface area contributed by atoms with E-state index in [4.69, 9.17) is 9.15 Å². The van der Waals surface area contributed by atoms with Crippen molar-refractivity contribution in [1.82, 2.24) is 10.6 Å². The lowest BCUT2D eigenvalue weighted by Crippen LogP contribution is -2.43. The number of nitrogens with one attached hydrogen (secondary N) is 2. The molecule has 1 aliphatic heterocycles. The molecule has 1 aromatic heterocycles. The molecule has 1 unspecified atom stereocenters. The highest BCUT2D eigenvalue weighted by Crippen LogP contribution is 2.20. The molecule has 1 saturated heterocycles. The van der Waals surface area contributed by atoms with Crippen molar-refractivity contribution in [1.29, 1.82) is 0 Å². The van der Waals surface area contributed by atoms with E-state index in [1.54, 1.807) is 0 Å². The molecule has 2 N–H and O–H groups in total. The molecule has 2 aromatic rings. The summed E-state index contributed by atoms with van der Waals surface area (Å²) in [6, 6.07) is 8.11. The van der Waals surface area contributed by atoms with Crippen LogP contribution in [0, 0.1) is 0 Å². The summed E-state index contributed by atoms with van der Waals surface area (Å²) in [5, 5.41) is 7.94. The van der Waals surface area contributed by atoms with Crippen LogP contribution in [0.1, 0.15) is 5.56 Å². The summed E-state index contributed by atoms with van der Waals surface area (Å²) < 4.78 is 11.1. The van der Waals surface area contributed by atoms with Crippen LogP contribution >= 0.6 is 0 Å². The summed E-state index contributed by atoms with van der Waals surface area (Å²) >= 11 is 0. The Hall–Kier alpha value is -1.36. The Bertz CT molecular complexity index is 503. The molecule has 0 aliphatic carbocycles. The molecule has 96 valence electrons. The van der Waals surface area contributed by atoms with E-state index in [0.717, 1.165) is 38.4 Å². The molecule has 1 atom stereocenters. The van der Waals surface area contributed by atoms with Crippen molar-refractivity contribution in [3.05, 3.63) is 36.1 Å². The van der Waals surface area contributed by atoms with Crippen molar-refractivity contribution >= 4 is 11.0 Å². The maximum Gasteiger partial charge on any atom is 0.134 e. The highest BCUT2D eigenvalue weighted by Gasteiger charge is 2.12. The topological polar surface area (TPSA) is 46.4 Å². The largest absolute Gasteiger partial charge is 0.464 e. The van der Waals surface area contributed by atoms with Crippen LogP contribution in [0.5, 0.6) is 0 Å². The summed E-state index contributed by atoms with van der Waals surface area (Å²) in [6.45, 7) is 4.38. The number of rotatable bonds is 4. The molecule has 0 spiro atoms. The molecular weight excluding hydrogens is 228 g/mol. The first-order valence-corrected chi connectivity index (χ1v) is 6.41. The van der Waals surface area contributed by atoms with E-state index < -0.39 is 0 Å². The average molecular weight is 246 g/mol. The Morgan fingerprint density at radius 3 is 3.17 bits per heavy atom. The van der Waals surface area contributed by atoms with Gasteiger partial charge >= 0.3 is 0 Å². The van der Waals surface area contributed by atoms with Gasteiger partial charge in [0.1, 0.15) is 5.58 Å². The molecule has 2 heterocycles. The maximum absolute atomic E-state index is 5.64. The van der Waals surface area contributed by atoms with E-state index in [2.05, 4.69) is 16.7 Å². The van der Waals surface area contributed by atoms with Crippen LogP contribution in [-0.2, 0) is 11.3 Å². The number of benzene rings is 1. The smallest absolute Gasteiger partial charge is 0.134 e. The van der Waals surface area contributed by atoms with Gasteiger partial charge in [0.15, 0.2) is 0 Å². The van der Waals surface area contributed by atoms with E-state index in [1.807, 2.05) is 24.5 Å². The van der Waals surface area contributed by atoms with Crippen molar-refractivity contribution in [2.24, 2.45) is 0 Å².